The van der Waals surface area contributed by atoms with Crippen LogP contribution in [-0.4, -0.2) is 28.6 Å². The van der Waals surface area contributed by atoms with Crippen molar-refractivity contribution in [3.8, 4) is 5.75 Å². The van der Waals surface area contributed by atoms with Gasteiger partial charge in [0.1, 0.15) is 5.75 Å². The summed E-state index contributed by atoms with van der Waals surface area (Å²) in [5.74, 6) is 0.836. The standard InChI is InChI=1S/C22H29N3O2/c1-4-18(17-10-5-6-13-21(17)27-16(2)3)24-22(26)25-15-9-12-20(25)19-11-7-8-14-23-19/h5-8,10-11,13-14,16,18,20H,4,9,12,15H2,1-3H3,(H,24,26)/t18-,20-/m0/s1. The zero-order valence-electron chi connectivity index (χ0n) is 16.4. The van der Waals surface area contributed by atoms with E-state index in [2.05, 4.69) is 17.2 Å². The number of hydrogen-bond donors (Lipinski definition) is 1. The molecule has 5 heteroatoms. The molecular formula is C22H29N3O2. The molecule has 0 radical (unpaired) electrons. The van der Waals surface area contributed by atoms with E-state index >= 15 is 0 Å². The number of para-hydroxylation sites is 1. The summed E-state index contributed by atoms with van der Waals surface area (Å²) in [7, 11) is 0. The van der Waals surface area contributed by atoms with Crippen LogP contribution in [-0.2, 0) is 0 Å². The zero-order chi connectivity index (χ0) is 19.2. The van der Waals surface area contributed by atoms with E-state index in [9.17, 15) is 4.79 Å². The van der Waals surface area contributed by atoms with Gasteiger partial charge in [0.15, 0.2) is 0 Å². The van der Waals surface area contributed by atoms with Gasteiger partial charge in [0.2, 0.25) is 0 Å². The maximum absolute atomic E-state index is 13.1. The molecular weight excluding hydrogens is 338 g/mol. The van der Waals surface area contributed by atoms with E-state index in [0.717, 1.165) is 42.8 Å². The fourth-order valence-electron chi connectivity index (χ4n) is 3.65. The number of likely N-dealkylation sites (tertiary alicyclic amines) is 1. The van der Waals surface area contributed by atoms with Crippen molar-refractivity contribution in [3.05, 3.63) is 59.9 Å². The molecule has 5 nitrogen and oxygen atoms in total. The molecule has 144 valence electrons. The molecule has 2 heterocycles. The predicted octanol–water partition coefficient (Wildman–Crippen LogP) is 4.87. The second-order valence-corrected chi connectivity index (χ2v) is 7.22. The predicted molar refractivity (Wildman–Crippen MR) is 107 cm³/mol. The Balaban J connectivity index is 1.76. The van der Waals surface area contributed by atoms with Crippen LogP contribution in [0.3, 0.4) is 0 Å². The Hall–Kier alpha value is -2.56. The summed E-state index contributed by atoms with van der Waals surface area (Å²) >= 11 is 0. The highest BCUT2D eigenvalue weighted by Crippen LogP contribution is 2.32. The smallest absolute Gasteiger partial charge is 0.318 e. The van der Waals surface area contributed by atoms with E-state index in [0.29, 0.717) is 0 Å². The SMILES string of the molecule is CC[C@H](NC(=O)N1CCC[C@H]1c1ccccn1)c1ccccc1OC(C)C. The summed E-state index contributed by atoms with van der Waals surface area (Å²) in [6.07, 6.45) is 4.63. The summed E-state index contributed by atoms with van der Waals surface area (Å²) in [6.45, 7) is 6.86. The number of nitrogens with zero attached hydrogens (tertiary/aromatic N) is 2. The van der Waals surface area contributed by atoms with Gasteiger partial charge >= 0.3 is 6.03 Å². The van der Waals surface area contributed by atoms with Crippen molar-refractivity contribution < 1.29 is 9.53 Å². The lowest BCUT2D eigenvalue weighted by Gasteiger charge is -2.28. The van der Waals surface area contributed by atoms with Crippen LogP contribution in [0, 0.1) is 0 Å². The molecule has 0 unspecified atom stereocenters. The first-order chi connectivity index (χ1) is 13.1. The van der Waals surface area contributed by atoms with Crippen molar-refractivity contribution in [2.45, 2.75) is 58.2 Å². The second kappa shape index (κ2) is 8.89. The lowest BCUT2D eigenvalue weighted by molar-refractivity contribution is 0.186. The largest absolute Gasteiger partial charge is 0.491 e. The number of amides is 2. The number of nitrogens with one attached hydrogen (secondary N) is 1. The minimum Gasteiger partial charge on any atom is -0.491 e. The van der Waals surface area contributed by atoms with Gasteiger partial charge in [-0.05, 0) is 51.3 Å². The van der Waals surface area contributed by atoms with E-state index in [1.807, 2.05) is 61.2 Å². The average Bonchev–Trinajstić information content (AvgIpc) is 3.17. The average molecular weight is 367 g/mol. The molecule has 1 aromatic carbocycles. The maximum atomic E-state index is 13.1. The van der Waals surface area contributed by atoms with Gasteiger partial charge in [-0.3, -0.25) is 4.98 Å². The normalized spacial score (nSPS) is 17.8. The maximum Gasteiger partial charge on any atom is 0.318 e. The topological polar surface area (TPSA) is 54.5 Å². The van der Waals surface area contributed by atoms with Gasteiger partial charge in [0.05, 0.1) is 23.9 Å². The Morgan fingerprint density at radius 1 is 1.26 bits per heavy atom. The van der Waals surface area contributed by atoms with Gasteiger partial charge in [-0.2, -0.15) is 0 Å². The first-order valence-corrected chi connectivity index (χ1v) is 9.83. The van der Waals surface area contributed by atoms with E-state index in [4.69, 9.17) is 4.74 Å². The summed E-state index contributed by atoms with van der Waals surface area (Å²) in [6, 6.07) is 13.8. The van der Waals surface area contributed by atoms with Gasteiger partial charge in [-0.1, -0.05) is 31.2 Å². The van der Waals surface area contributed by atoms with Gasteiger partial charge in [0, 0.05) is 18.3 Å². The van der Waals surface area contributed by atoms with E-state index < -0.39 is 0 Å². The van der Waals surface area contributed by atoms with Crippen LogP contribution < -0.4 is 10.1 Å². The highest BCUT2D eigenvalue weighted by atomic mass is 16.5. The number of benzene rings is 1. The fourth-order valence-corrected chi connectivity index (χ4v) is 3.65. The molecule has 1 aliphatic rings. The van der Waals surface area contributed by atoms with Crippen molar-refractivity contribution in [3.63, 3.8) is 0 Å². The molecule has 1 N–H and O–H groups in total. The van der Waals surface area contributed by atoms with Crippen LogP contribution >= 0.6 is 0 Å². The number of urea groups is 1. The van der Waals surface area contributed by atoms with Crippen LogP contribution in [0.5, 0.6) is 5.75 Å². The molecule has 2 atom stereocenters. The molecule has 1 fully saturated rings. The minimum atomic E-state index is -0.0857. The Morgan fingerprint density at radius 3 is 2.74 bits per heavy atom. The highest BCUT2D eigenvalue weighted by molar-refractivity contribution is 5.75. The number of ether oxygens (including phenoxy) is 1. The summed E-state index contributed by atoms with van der Waals surface area (Å²) < 4.78 is 5.95. The van der Waals surface area contributed by atoms with Gasteiger partial charge in [0.25, 0.3) is 0 Å². The first-order valence-electron chi connectivity index (χ1n) is 9.83. The molecule has 0 aliphatic carbocycles. The van der Waals surface area contributed by atoms with Crippen LogP contribution in [0.1, 0.15) is 63.4 Å². The van der Waals surface area contributed by atoms with E-state index in [1.54, 1.807) is 6.20 Å². The number of pyridine rings is 1. The Kier molecular flexibility index (Phi) is 6.32. The fraction of sp³-hybridized carbons (Fsp3) is 0.455. The van der Waals surface area contributed by atoms with Crippen molar-refractivity contribution in [1.29, 1.82) is 0 Å². The molecule has 1 saturated heterocycles. The third kappa shape index (κ3) is 4.59. The summed E-state index contributed by atoms with van der Waals surface area (Å²) in [5.41, 5.74) is 1.98. The first kappa shape index (κ1) is 19.2. The quantitative estimate of drug-likeness (QED) is 0.793. The molecule has 1 aromatic heterocycles. The number of hydrogen-bond acceptors (Lipinski definition) is 3. The van der Waals surface area contributed by atoms with Crippen molar-refractivity contribution in [2.75, 3.05) is 6.54 Å². The summed E-state index contributed by atoms with van der Waals surface area (Å²) in [4.78, 5) is 19.4. The molecule has 2 aromatic rings. The number of carbonyl (C=O) groups excluding carboxylic acids is 1. The van der Waals surface area contributed by atoms with Crippen molar-refractivity contribution in [1.82, 2.24) is 15.2 Å². The lowest BCUT2D eigenvalue weighted by atomic mass is 10.0. The van der Waals surface area contributed by atoms with Crippen LogP contribution in [0.4, 0.5) is 4.79 Å². The molecule has 27 heavy (non-hydrogen) atoms. The molecule has 0 bridgehead atoms. The number of carbonyl (C=O) groups is 1. The molecule has 3 rings (SSSR count). The highest BCUT2D eigenvalue weighted by Gasteiger charge is 2.32. The van der Waals surface area contributed by atoms with Gasteiger partial charge in [-0.25, -0.2) is 4.79 Å². The number of aromatic nitrogens is 1. The van der Waals surface area contributed by atoms with Crippen molar-refractivity contribution in [2.24, 2.45) is 0 Å². The Morgan fingerprint density at radius 2 is 2.04 bits per heavy atom. The van der Waals surface area contributed by atoms with Crippen LogP contribution in [0.15, 0.2) is 48.7 Å². The molecule has 0 spiro atoms. The molecule has 2 amide bonds. The summed E-state index contributed by atoms with van der Waals surface area (Å²) in [5, 5.41) is 3.22. The monoisotopic (exact) mass is 367 g/mol. The second-order valence-electron chi connectivity index (χ2n) is 7.22. The van der Waals surface area contributed by atoms with Crippen LogP contribution in [0.25, 0.3) is 0 Å². The minimum absolute atomic E-state index is 0.0330. The van der Waals surface area contributed by atoms with E-state index in [-0.39, 0.29) is 24.2 Å². The Bertz CT molecular complexity index is 748. The third-order valence-corrected chi connectivity index (χ3v) is 4.91. The van der Waals surface area contributed by atoms with Gasteiger partial charge in [-0.15, -0.1) is 0 Å². The van der Waals surface area contributed by atoms with Gasteiger partial charge < -0.3 is 15.0 Å². The lowest BCUT2D eigenvalue weighted by Crippen LogP contribution is -2.41. The number of rotatable bonds is 6. The van der Waals surface area contributed by atoms with Crippen LogP contribution in [0.2, 0.25) is 0 Å². The zero-order valence-corrected chi connectivity index (χ0v) is 16.4. The molecule has 0 saturated carbocycles. The van der Waals surface area contributed by atoms with E-state index in [1.165, 1.54) is 0 Å². The molecule has 1 aliphatic heterocycles. The van der Waals surface area contributed by atoms with Crippen molar-refractivity contribution >= 4 is 6.03 Å². The Labute approximate surface area is 161 Å². The third-order valence-electron chi connectivity index (χ3n) is 4.91.